The zero-order valence-corrected chi connectivity index (χ0v) is 17.0. The lowest BCUT2D eigenvalue weighted by atomic mass is 9.76. The first kappa shape index (κ1) is 19.8. The normalized spacial score (nSPS) is 14.4. The minimum Gasteiger partial charge on any atom is -0.497 e. The van der Waals surface area contributed by atoms with Gasteiger partial charge in [0.2, 0.25) is 0 Å². The Morgan fingerprint density at radius 3 is 2.46 bits per heavy atom. The zero-order chi connectivity index (χ0) is 20.3. The van der Waals surface area contributed by atoms with Gasteiger partial charge in [0.15, 0.2) is 5.11 Å². The second kappa shape index (κ2) is 7.95. The Balaban J connectivity index is 1.99. The van der Waals surface area contributed by atoms with Crippen molar-refractivity contribution in [1.29, 1.82) is 5.26 Å². The minimum atomic E-state index is -0.644. The SMILES string of the molecule is COc1ccc(N(C(=S)N(C)c2cnc(C#N)c(C)c2)C2(C=O)CCC2)cc1. The van der Waals surface area contributed by atoms with Crippen LogP contribution in [-0.4, -0.2) is 36.1 Å². The molecule has 1 aliphatic rings. The molecule has 2 aromatic rings. The van der Waals surface area contributed by atoms with E-state index in [0.717, 1.165) is 48.2 Å². The molecule has 1 saturated carbocycles. The van der Waals surface area contributed by atoms with Crippen molar-refractivity contribution < 1.29 is 9.53 Å². The molecule has 0 spiro atoms. The molecule has 0 radical (unpaired) electrons. The number of ether oxygens (including phenoxy) is 1. The Labute approximate surface area is 170 Å². The van der Waals surface area contributed by atoms with Crippen molar-refractivity contribution in [3.8, 4) is 11.8 Å². The number of pyridine rings is 1. The number of aldehydes is 1. The molecule has 0 amide bonds. The summed E-state index contributed by atoms with van der Waals surface area (Å²) in [6, 6.07) is 11.5. The van der Waals surface area contributed by atoms with E-state index in [0.29, 0.717) is 10.8 Å². The number of carbonyl (C=O) groups excluding carboxylic acids is 1. The molecule has 28 heavy (non-hydrogen) atoms. The Hall–Kier alpha value is -2.98. The summed E-state index contributed by atoms with van der Waals surface area (Å²) < 4.78 is 5.25. The van der Waals surface area contributed by atoms with E-state index in [1.54, 1.807) is 13.3 Å². The van der Waals surface area contributed by atoms with E-state index >= 15 is 0 Å². The van der Waals surface area contributed by atoms with Crippen molar-refractivity contribution in [3.63, 3.8) is 0 Å². The highest BCUT2D eigenvalue weighted by Crippen LogP contribution is 2.40. The number of anilines is 2. The van der Waals surface area contributed by atoms with Gasteiger partial charge in [0.25, 0.3) is 0 Å². The van der Waals surface area contributed by atoms with E-state index in [-0.39, 0.29) is 0 Å². The molecule has 3 rings (SSSR count). The van der Waals surface area contributed by atoms with E-state index in [4.69, 9.17) is 22.2 Å². The van der Waals surface area contributed by atoms with Gasteiger partial charge in [-0.05, 0) is 74.3 Å². The van der Waals surface area contributed by atoms with Gasteiger partial charge >= 0.3 is 0 Å². The lowest BCUT2D eigenvalue weighted by molar-refractivity contribution is -0.114. The van der Waals surface area contributed by atoms with Crippen molar-refractivity contribution in [2.24, 2.45) is 0 Å². The molecule has 0 aliphatic heterocycles. The summed E-state index contributed by atoms with van der Waals surface area (Å²) in [5.74, 6) is 0.739. The summed E-state index contributed by atoms with van der Waals surface area (Å²) in [6.07, 6.45) is 5.11. The molecule has 1 fully saturated rings. The first-order valence-electron chi connectivity index (χ1n) is 9.01. The van der Waals surface area contributed by atoms with E-state index in [9.17, 15) is 4.79 Å². The smallest absolute Gasteiger partial charge is 0.181 e. The molecule has 144 valence electrons. The molecule has 7 heteroatoms. The van der Waals surface area contributed by atoms with Gasteiger partial charge in [0.05, 0.1) is 19.0 Å². The monoisotopic (exact) mass is 394 g/mol. The number of methoxy groups -OCH3 is 1. The van der Waals surface area contributed by atoms with Crippen LogP contribution in [0.4, 0.5) is 11.4 Å². The number of nitrogens with zero attached hydrogens (tertiary/aromatic N) is 4. The van der Waals surface area contributed by atoms with Gasteiger partial charge < -0.3 is 19.3 Å². The molecule has 1 aromatic carbocycles. The van der Waals surface area contributed by atoms with Crippen LogP contribution in [0.25, 0.3) is 0 Å². The second-order valence-electron chi connectivity index (χ2n) is 6.92. The second-order valence-corrected chi connectivity index (χ2v) is 7.29. The summed E-state index contributed by atoms with van der Waals surface area (Å²) in [7, 11) is 3.46. The molecule has 0 bridgehead atoms. The average Bonchev–Trinajstić information content (AvgIpc) is 2.69. The van der Waals surface area contributed by atoms with Crippen molar-refractivity contribution in [3.05, 3.63) is 47.8 Å². The topological polar surface area (TPSA) is 69.5 Å². The van der Waals surface area contributed by atoms with Crippen molar-refractivity contribution >= 4 is 35.0 Å². The predicted octanol–water partition coefficient (Wildman–Crippen LogP) is 3.62. The van der Waals surface area contributed by atoms with Crippen LogP contribution < -0.4 is 14.5 Å². The third-order valence-corrected chi connectivity index (χ3v) is 5.71. The molecular formula is C21H22N4O2S. The van der Waals surface area contributed by atoms with Crippen molar-refractivity contribution in [2.45, 2.75) is 31.7 Å². The van der Waals surface area contributed by atoms with E-state index in [1.165, 1.54) is 0 Å². The standard InChI is InChI=1S/C21H22N4O2S/c1-15-11-17(13-23-19(15)12-22)24(2)20(28)25(21(14-26)9-4-10-21)16-5-7-18(27-3)8-6-16/h5-8,11,13-14H,4,9-10H2,1-3H3. The van der Waals surface area contributed by atoms with Gasteiger partial charge in [0.1, 0.15) is 29.3 Å². The lowest BCUT2D eigenvalue weighted by Gasteiger charge is -2.48. The maximum Gasteiger partial charge on any atom is 0.181 e. The number of nitriles is 1. The van der Waals surface area contributed by atoms with Crippen LogP contribution in [0.5, 0.6) is 5.75 Å². The number of rotatable bonds is 5. The van der Waals surface area contributed by atoms with Crippen molar-refractivity contribution in [1.82, 2.24) is 4.98 Å². The van der Waals surface area contributed by atoms with Crippen LogP contribution in [0.2, 0.25) is 0 Å². The molecule has 0 atom stereocenters. The van der Waals surface area contributed by atoms with Gasteiger partial charge in [0, 0.05) is 12.7 Å². The lowest BCUT2D eigenvalue weighted by Crippen LogP contribution is -2.60. The van der Waals surface area contributed by atoms with Crippen LogP contribution in [0, 0.1) is 18.3 Å². The molecule has 1 aliphatic carbocycles. The number of aryl methyl sites for hydroxylation is 1. The van der Waals surface area contributed by atoms with Crippen LogP contribution >= 0.6 is 12.2 Å². The highest BCUT2D eigenvalue weighted by atomic mass is 32.1. The number of thiocarbonyl (C=S) groups is 1. The third kappa shape index (κ3) is 3.43. The van der Waals surface area contributed by atoms with Crippen LogP contribution in [0.15, 0.2) is 36.5 Å². The fourth-order valence-corrected chi connectivity index (χ4v) is 3.74. The van der Waals surface area contributed by atoms with Gasteiger partial charge in [-0.25, -0.2) is 4.98 Å². The van der Waals surface area contributed by atoms with Gasteiger partial charge in [-0.1, -0.05) is 0 Å². The molecule has 1 heterocycles. The Bertz CT molecular complexity index is 932. The number of benzene rings is 1. The van der Waals surface area contributed by atoms with E-state index < -0.39 is 5.54 Å². The molecule has 6 nitrogen and oxygen atoms in total. The Morgan fingerprint density at radius 1 is 1.32 bits per heavy atom. The molecule has 0 N–H and O–H groups in total. The summed E-state index contributed by atoms with van der Waals surface area (Å²) in [5.41, 5.74) is 2.12. The maximum atomic E-state index is 12.1. The Morgan fingerprint density at radius 2 is 2.00 bits per heavy atom. The first-order chi connectivity index (χ1) is 13.5. The summed E-state index contributed by atoms with van der Waals surface area (Å²) in [5, 5.41) is 9.61. The summed E-state index contributed by atoms with van der Waals surface area (Å²) in [6.45, 7) is 1.84. The average molecular weight is 395 g/mol. The molecular weight excluding hydrogens is 372 g/mol. The first-order valence-corrected chi connectivity index (χ1v) is 9.41. The number of hydrogen-bond donors (Lipinski definition) is 0. The molecule has 1 aromatic heterocycles. The number of hydrogen-bond acceptors (Lipinski definition) is 5. The largest absolute Gasteiger partial charge is 0.497 e. The zero-order valence-electron chi connectivity index (χ0n) is 16.2. The van der Waals surface area contributed by atoms with Crippen molar-refractivity contribution in [2.75, 3.05) is 24.0 Å². The Kier molecular flexibility index (Phi) is 5.61. The fraction of sp³-hybridized carbons (Fsp3) is 0.333. The van der Waals surface area contributed by atoms with Crippen LogP contribution in [0.1, 0.15) is 30.5 Å². The third-order valence-electron chi connectivity index (χ3n) is 5.25. The van der Waals surface area contributed by atoms with E-state index in [1.807, 2.05) is 54.1 Å². The minimum absolute atomic E-state index is 0.387. The van der Waals surface area contributed by atoms with Gasteiger partial charge in [-0.2, -0.15) is 5.26 Å². The quantitative estimate of drug-likeness (QED) is 0.567. The van der Waals surface area contributed by atoms with Crippen LogP contribution in [0.3, 0.4) is 0 Å². The predicted molar refractivity (Wildman–Crippen MR) is 113 cm³/mol. The number of aromatic nitrogens is 1. The van der Waals surface area contributed by atoms with E-state index in [2.05, 4.69) is 11.1 Å². The summed E-state index contributed by atoms with van der Waals surface area (Å²) in [4.78, 5) is 20.0. The molecule has 0 saturated heterocycles. The van der Waals surface area contributed by atoms with Crippen LogP contribution in [-0.2, 0) is 4.79 Å². The van der Waals surface area contributed by atoms with Gasteiger partial charge in [-0.3, -0.25) is 0 Å². The molecule has 0 unspecified atom stereocenters. The summed E-state index contributed by atoms with van der Waals surface area (Å²) >= 11 is 5.81. The fourth-order valence-electron chi connectivity index (χ4n) is 3.34. The highest BCUT2D eigenvalue weighted by molar-refractivity contribution is 7.80. The van der Waals surface area contributed by atoms with Gasteiger partial charge in [-0.15, -0.1) is 0 Å². The highest BCUT2D eigenvalue weighted by Gasteiger charge is 2.45. The maximum absolute atomic E-state index is 12.1. The number of carbonyl (C=O) groups is 1.